The molecule has 4 heteroatoms. The molecule has 0 aliphatic rings. The van der Waals surface area contributed by atoms with E-state index in [1.165, 1.54) is 6.07 Å². The number of benzene rings is 1. The van der Waals surface area contributed by atoms with Crippen LogP contribution in [0.5, 0.6) is 0 Å². The van der Waals surface area contributed by atoms with Crippen LogP contribution >= 0.6 is 0 Å². The molecule has 2 nitrogen and oxygen atoms in total. The predicted octanol–water partition coefficient (Wildman–Crippen LogP) is 1.42. The molecular formula is C10H11F2NO. The van der Waals surface area contributed by atoms with Crippen LogP contribution in [0.1, 0.15) is 12.5 Å². The van der Waals surface area contributed by atoms with Crippen LogP contribution < -0.4 is 5.73 Å². The van der Waals surface area contributed by atoms with Gasteiger partial charge in [0.1, 0.15) is 0 Å². The number of carbonyl (C=O) groups is 1. The Balaban J connectivity index is 2.78. The van der Waals surface area contributed by atoms with E-state index in [-0.39, 0.29) is 12.2 Å². The number of halogens is 2. The van der Waals surface area contributed by atoms with Crippen molar-refractivity contribution in [3.8, 4) is 0 Å². The van der Waals surface area contributed by atoms with Gasteiger partial charge >= 0.3 is 0 Å². The van der Waals surface area contributed by atoms with Crippen molar-refractivity contribution < 1.29 is 13.6 Å². The van der Waals surface area contributed by atoms with Gasteiger partial charge in [0, 0.05) is 6.42 Å². The van der Waals surface area contributed by atoms with E-state index in [4.69, 9.17) is 5.73 Å². The van der Waals surface area contributed by atoms with Gasteiger partial charge in [-0.2, -0.15) is 0 Å². The molecule has 14 heavy (non-hydrogen) atoms. The van der Waals surface area contributed by atoms with Gasteiger partial charge in [0.2, 0.25) is 0 Å². The maximum Gasteiger partial charge on any atom is 0.159 e. The van der Waals surface area contributed by atoms with Crippen LogP contribution in [0, 0.1) is 11.6 Å². The average Bonchev–Trinajstić information content (AvgIpc) is 2.11. The second-order valence-corrected chi connectivity index (χ2v) is 3.18. The van der Waals surface area contributed by atoms with Gasteiger partial charge in [-0.15, -0.1) is 0 Å². The van der Waals surface area contributed by atoms with Gasteiger partial charge in [-0.25, -0.2) is 8.78 Å². The number of hydrogen-bond acceptors (Lipinski definition) is 2. The molecule has 1 aromatic rings. The lowest BCUT2D eigenvalue weighted by atomic mass is 10.1. The Labute approximate surface area is 80.7 Å². The van der Waals surface area contributed by atoms with E-state index in [9.17, 15) is 13.6 Å². The minimum Gasteiger partial charge on any atom is -0.322 e. The summed E-state index contributed by atoms with van der Waals surface area (Å²) in [6.45, 7) is 1.56. The molecule has 0 saturated heterocycles. The first kappa shape index (κ1) is 10.8. The lowest BCUT2D eigenvalue weighted by Crippen LogP contribution is -2.28. The summed E-state index contributed by atoms with van der Waals surface area (Å²) in [4.78, 5) is 11.2. The maximum atomic E-state index is 12.7. The smallest absolute Gasteiger partial charge is 0.159 e. The maximum absolute atomic E-state index is 12.7. The molecule has 2 N–H and O–H groups in total. The van der Waals surface area contributed by atoms with Crippen LogP contribution in [-0.4, -0.2) is 11.8 Å². The highest BCUT2D eigenvalue weighted by Gasteiger charge is 2.10. The highest BCUT2D eigenvalue weighted by molar-refractivity contribution is 5.85. The summed E-state index contributed by atoms with van der Waals surface area (Å²) < 4.78 is 25.2. The Morgan fingerprint density at radius 2 is 2.07 bits per heavy atom. The third-order valence-electron chi connectivity index (χ3n) is 1.87. The zero-order valence-corrected chi connectivity index (χ0v) is 7.76. The summed E-state index contributed by atoms with van der Waals surface area (Å²) >= 11 is 0. The highest BCUT2D eigenvalue weighted by atomic mass is 19.2. The Hall–Kier alpha value is -1.29. The molecule has 0 heterocycles. The molecule has 1 unspecified atom stereocenters. The van der Waals surface area contributed by atoms with Gasteiger partial charge in [-0.1, -0.05) is 6.07 Å². The highest BCUT2D eigenvalue weighted by Crippen LogP contribution is 2.09. The molecular weight excluding hydrogens is 188 g/mol. The van der Waals surface area contributed by atoms with Crippen LogP contribution in [-0.2, 0) is 11.2 Å². The predicted molar refractivity (Wildman–Crippen MR) is 48.7 cm³/mol. The molecule has 1 atom stereocenters. The molecule has 1 aromatic carbocycles. The summed E-state index contributed by atoms with van der Waals surface area (Å²) in [5.74, 6) is -2.06. The van der Waals surface area contributed by atoms with E-state index < -0.39 is 17.7 Å². The first-order valence-corrected chi connectivity index (χ1v) is 4.23. The van der Waals surface area contributed by atoms with Crippen molar-refractivity contribution >= 4 is 5.78 Å². The van der Waals surface area contributed by atoms with E-state index >= 15 is 0 Å². The van der Waals surface area contributed by atoms with Crippen LogP contribution in [0.15, 0.2) is 18.2 Å². The van der Waals surface area contributed by atoms with E-state index in [2.05, 4.69) is 0 Å². The normalized spacial score (nSPS) is 12.6. The number of Topliss-reactive ketones (excluding diaryl/α,β-unsaturated/α-hetero) is 1. The van der Waals surface area contributed by atoms with E-state index in [0.29, 0.717) is 5.56 Å². The van der Waals surface area contributed by atoms with Crippen molar-refractivity contribution in [3.05, 3.63) is 35.4 Å². The largest absolute Gasteiger partial charge is 0.322 e. The number of nitrogens with two attached hydrogens (primary N) is 1. The first-order chi connectivity index (χ1) is 6.50. The van der Waals surface area contributed by atoms with E-state index in [0.717, 1.165) is 12.1 Å². The third-order valence-corrected chi connectivity index (χ3v) is 1.87. The Kier molecular flexibility index (Phi) is 3.30. The van der Waals surface area contributed by atoms with Crippen molar-refractivity contribution in [3.63, 3.8) is 0 Å². The van der Waals surface area contributed by atoms with Crippen LogP contribution in [0.3, 0.4) is 0 Å². The zero-order valence-electron chi connectivity index (χ0n) is 7.76. The molecule has 76 valence electrons. The monoisotopic (exact) mass is 199 g/mol. The molecule has 0 aliphatic heterocycles. The van der Waals surface area contributed by atoms with Gasteiger partial charge < -0.3 is 5.73 Å². The van der Waals surface area contributed by atoms with E-state index in [1.54, 1.807) is 6.92 Å². The average molecular weight is 199 g/mol. The number of carbonyl (C=O) groups excluding carboxylic acids is 1. The fourth-order valence-electron chi connectivity index (χ4n) is 1.01. The summed E-state index contributed by atoms with van der Waals surface area (Å²) in [7, 11) is 0. The molecule has 1 rings (SSSR count). The van der Waals surface area contributed by atoms with Crippen LogP contribution in [0.4, 0.5) is 8.78 Å². The van der Waals surface area contributed by atoms with Crippen LogP contribution in [0.25, 0.3) is 0 Å². The second-order valence-electron chi connectivity index (χ2n) is 3.18. The number of ketones is 1. The van der Waals surface area contributed by atoms with Gasteiger partial charge in [-0.3, -0.25) is 4.79 Å². The van der Waals surface area contributed by atoms with Crippen molar-refractivity contribution in [2.24, 2.45) is 5.73 Å². The summed E-state index contributed by atoms with van der Waals surface area (Å²) in [5.41, 5.74) is 5.77. The topological polar surface area (TPSA) is 43.1 Å². The first-order valence-electron chi connectivity index (χ1n) is 4.23. The van der Waals surface area contributed by atoms with Crippen LogP contribution in [0.2, 0.25) is 0 Å². The second kappa shape index (κ2) is 4.28. The zero-order chi connectivity index (χ0) is 10.7. The van der Waals surface area contributed by atoms with Crippen molar-refractivity contribution in [2.45, 2.75) is 19.4 Å². The molecule has 0 spiro atoms. The minimum atomic E-state index is -0.944. The Morgan fingerprint density at radius 3 is 2.57 bits per heavy atom. The standard InChI is InChI=1S/C10H11F2NO/c1-6(13)10(14)5-7-2-3-8(11)9(12)4-7/h2-4,6H,5,13H2,1H3. The van der Waals surface area contributed by atoms with Gasteiger partial charge in [0.05, 0.1) is 6.04 Å². The quantitative estimate of drug-likeness (QED) is 0.800. The molecule has 0 bridgehead atoms. The third kappa shape index (κ3) is 2.60. The van der Waals surface area contributed by atoms with Gasteiger partial charge in [-0.05, 0) is 24.6 Å². The van der Waals surface area contributed by atoms with Crippen molar-refractivity contribution in [1.29, 1.82) is 0 Å². The fourth-order valence-corrected chi connectivity index (χ4v) is 1.01. The minimum absolute atomic E-state index is 0.0366. The molecule has 0 saturated carbocycles. The molecule has 0 radical (unpaired) electrons. The molecule has 0 amide bonds. The van der Waals surface area contributed by atoms with Crippen molar-refractivity contribution in [1.82, 2.24) is 0 Å². The summed E-state index contributed by atoms with van der Waals surface area (Å²) in [6.07, 6.45) is 0.0366. The summed E-state index contributed by atoms with van der Waals surface area (Å²) in [6, 6.07) is 2.80. The number of hydrogen-bond donors (Lipinski definition) is 1. The van der Waals surface area contributed by atoms with E-state index in [1.807, 2.05) is 0 Å². The molecule has 0 fully saturated rings. The number of rotatable bonds is 3. The lowest BCUT2D eigenvalue weighted by molar-refractivity contribution is -0.119. The summed E-state index contributed by atoms with van der Waals surface area (Å²) in [5, 5.41) is 0. The van der Waals surface area contributed by atoms with Gasteiger partial charge in [0.25, 0.3) is 0 Å². The Morgan fingerprint density at radius 1 is 1.43 bits per heavy atom. The molecule has 0 aliphatic carbocycles. The Bertz CT molecular complexity index is 350. The fraction of sp³-hybridized carbons (Fsp3) is 0.300. The molecule has 0 aromatic heterocycles. The lowest BCUT2D eigenvalue weighted by Gasteiger charge is -2.04. The van der Waals surface area contributed by atoms with Crippen molar-refractivity contribution in [2.75, 3.05) is 0 Å². The van der Waals surface area contributed by atoms with Gasteiger partial charge in [0.15, 0.2) is 17.4 Å². The SMILES string of the molecule is CC(N)C(=O)Cc1ccc(F)c(F)c1.